The molecular formula is C10H16N6O2. The lowest BCUT2D eigenvalue weighted by molar-refractivity contribution is -0.396. The van der Waals surface area contributed by atoms with Crippen LogP contribution in [0.25, 0.3) is 0 Å². The van der Waals surface area contributed by atoms with Crippen molar-refractivity contribution in [2.24, 2.45) is 12.1 Å². The summed E-state index contributed by atoms with van der Waals surface area (Å²) in [6.07, 6.45) is 3.07. The molecule has 0 saturated carbocycles. The molecule has 0 bridgehead atoms. The molecule has 1 aromatic rings. The van der Waals surface area contributed by atoms with E-state index >= 15 is 0 Å². The molecule has 0 aromatic carbocycles. The number of hydrazone groups is 1. The van der Waals surface area contributed by atoms with Gasteiger partial charge in [-0.25, -0.2) is 4.57 Å². The predicted molar refractivity (Wildman–Crippen MR) is 66.5 cm³/mol. The fourth-order valence-corrected chi connectivity index (χ4v) is 1.75. The molecule has 0 atom stereocenters. The summed E-state index contributed by atoms with van der Waals surface area (Å²) in [5.41, 5.74) is 0.626. The normalized spacial score (nSPS) is 17.6. The van der Waals surface area contributed by atoms with Crippen LogP contribution in [-0.2, 0) is 7.05 Å². The van der Waals surface area contributed by atoms with Gasteiger partial charge in [0.15, 0.2) is 5.69 Å². The van der Waals surface area contributed by atoms with E-state index in [1.807, 2.05) is 5.01 Å². The van der Waals surface area contributed by atoms with E-state index in [9.17, 15) is 10.1 Å². The minimum atomic E-state index is -0.507. The van der Waals surface area contributed by atoms with E-state index < -0.39 is 4.92 Å². The van der Waals surface area contributed by atoms with E-state index in [-0.39, 0.29) is 5.95 Å². The highest BCUT2D eigenvalue weighted by Gasteiger charge is 2.16. The van der Waals surface area contributed by atoms with Gasteiger partial charge in [0.1, 0.15) is 6.20 Å². The van der Waals surface area contributed by atoms with Crippen molar-refractivity contribution in [3.8, 4) is 0 Å². The molecule has 1 aromatic heterocycles. The molecule has 0 unspecified atom stereocenters. The summed E-state index contributed by atoms with van der Waals surface area (Å²) in [6.45, 7) is 3.69. The largest absolute Gasteiger partial charge is 0.434 e. The van der Waals surface area contributed by atoms with E-state index in [1.165, 1.54) is 10.8 Å². The molecule has 2 heterocycles. The maximum absolute atomic E-state index is 10.6. The Morgan fingerprint density at radius 1 is 1.39 bits per heavy atom. The van der Waals surface area contributed by atoms with Crippen molar-refractivity contribution in [1.29, 1.82) is 0 Å². The fourth-order valence-electron chi connectivity index (χ4n) is 1.75. The van der Waals surface area contributed by atoms with Crippen LogP contribution in [0.5, 0.6) is 0 Å². The molecule has 1 saturated heterocycles. The van der Waals surface area contributed by atoms with Crippen LogP contribution in [0, 0.1) is 10.1 Å². The molecule has 0 aliphatic carbocycles. The lowest BCUT2D eigenvalue weighted by Gasteiger charge is -2.30. The number of piperazine rings is 1. The summed E-state index contributed by atoms with van der Waals surface area (Å²) in [5, 5.41) is 16.9. The zero-order valence-corrected chi connectivity index (χ0v) is 10.5. The first-order chi connectivity index (χ1) is 8.58. The van der Waals surface area contributed by atoms with Crippen molar-refractivity contribution in [2.45, 2.75) is 0 Å². The summed E-state index contributed by atoms with van der Waals surface area (Å²) in [6, 6.07) is 0. The van der Waals surface area contributed by atoms with Gasteiger partial charge >= 0.3 is 5.95 Å². The molecule has 1 aliphatic rings. The van der Waals surface area contributed by atoms with Crippen molar-refractivity contribution in [3.05, 3.63) is 22.0 Å². The highest BCUT2D eigenvalue weighted by Crippen LogP contribution is 2.09. The summed E-state index contributed by atoms with van der Waals surface area (Å²) in [4.78, 5) is 16.1. The maximum Gasteiger partial charge on any atom is 0.434 e. The molecule has 0 N–H and O–H groups in total. The van der Waals surface area contributed by atoms with Crippen molar-refractivity contribution < 1.29 is 4.92 Å². The molecule has 8 nitrogen and oxygen atoms in total. The van der Waals surface area contributed by atoms with Gasteiger partial charge in [0.05, 0.1) is 13.3 Å². The van der Waals surface area contributed by atoms with Gasteiger partial charge in [-0.3, -0.25) is 5.01 Å². The number of hydrogen-bond acceptors (Lipinski definition) is 6. The molecule has 0 spiro atoms. The Morgan fingerprint density at radius 2 is 2.06 bits per heavy atom. The van der Waals surface area contributed by atoms with Crippen LogP contribution in [0.2, 0.25) is 0 Å². The molecule has 0 amide bonds. The first-order valence-electron chi connectivity index (χ1n) is 5.71. The molecule has 2 rings (SSSR count). The van der Waals surface area contributed by atoms with E-state index in [1.54, 1.807) is 13.3 Å². The molecular weight excluding hydrogens is 236 g/mol. The van der Waals surface area contributed by atoms with Gasteiger partial charge in [0, 0.05) is 26.2 Å². The Labute approximate surface area is 105 Å². The number of aromatic nitrogens is 2. The third kappa shape index (κ3) is 2.65. The number of rotatable bonds is 3. The van der Waals surface area contributed by atoms with Crippen LogP contribution in [0.1, 0.15) is 5.69 Å². The van der Waals surface area contributed by atoms with Gasteiger partial charge in [0.2, 0.25) is 0 Å². The number of nitrogens with zero attached hydrogens (tertiary/aromatic N) is 6. The number of nitro groups is 1. The molecule has 1 fully saturated rings. The van der Waals surface area contributed by atoms with Crippen molar-refractivity contribution in [3.63, 3.8) is 0 Å². The van der Waals surface area contributed by atoms with E-state index in [4.69, 9.17) is 0 Å². The standard InChI is InChI=1S/C10H16N6O2/c1-13-3-5-15(6-4-13)12-8-9-7-11-10(14(9)2)16(17)18/h7-8H,3-6H2,1-2H3/b12-8+. The van der Waals surface area contributed by atoms with Crippen molar-refractivity contribution in [1.82, 2.24) is 19.5 Å². The van der Waals surface area contributed by atoms with Crippen LogP contribution in [0.3, 0.4) is 0 Å². The smallest absolute Gasteiger partial charge is 0.390 e. The van der Waals surface area contributed by atoms with Crippen LogP contribution >= 0.6 is 0 Å². The summed E-state index contributed by atoms with van der Waals surface area (Å²) in [7, 11) is 3.68. The number of likely N-dealkylation sites (N-methyl/N-ethyl adjacent to an activating group) is 1. The van der Waals surface area contributed by atoms with Gasteiger partial charge in [-0.15, -0.1) is 0 Å². The second kappa shape index (κ2) is 5.13. The van der Waals surface area contributed by atoms with E-state index in [2.05, 4.69) is 22.0 Å². The third-order valence-corrected chi connectivity index (χ3v) is 3.00. The molecule has 1 aliphatic heterocycles. The van der Waals surface area contributed by atoms with Crippen LogP contribution < -0.4 is 0 Å². The summed E-state index contributed by atoms with van der Waals surface area (Å²) < 4.78 is 1.42. The minimum absolute atomic E-state index is 0.171. The predicted octanol–water partition coefficient (Wildman–Crippen LogP) is -0.0904. The first kappa shape index (κ1) is 12.5. The Kier molecular flexibility index (Phi) is 3.56. The van der Waals surface area contributed by atoms with Gasteiger partial charge in [0.25, 0.3) is 0 Å². The SMILES string of the molecule is CN1CCN(/N=C/c2cnc([N+](=O)[O-])n2C)CC1. The molecule has 0 radical (unpaired) electrons. The Bertz CT molecular complexity index is 461. The van der Waals surface area contributed by atoms with Gasteiger partial charge in [-0.1, -0.05) is 4.98 Å². The average molecular weight is 252 g/mol. The monoisotopic (exact) mass is 252 g/mol. The molecule has 8 heteroatoms. The lowest BCUT2D eigenvalue weighted by Crippen LogP contribution is -2.41. The third-order valence-electron chi connectivity index (χ3n) is 3.00. The zero-order valence-electron chi connectivity index (χ0n) is 10.5. The topological polar surface area (TPSA) is 79.8 Å². The van der Waals surface area contributed by atoms with Gasteiger partial charge < -0.3 is 15.0 Å². The molecule has 18 heavy (non-hydrogen) atoms. The fraction of sp³-hybridized carbons (Fsp3) is 0.600. The van der Waals surface area contributed by atoms with Crippen LogP contribution in [0.15, 0.2) is 11.3 Å². The Hall–Kier alpha value is -1.96. The van der Waals surface area contributed by atoms with Crippen molar-refractivity contribution in [2.75, 3.05) is 33.2 Å². The van der Waals surface area contributed by atoms with Crippen LogP contribution in [-0.4, -0.2) is 63.8 Å². The number of hydrogen-bond donors (Lipinski definition) is 0. The number of imidazole rings is 1. The summed E-state index contributed by atoms with van der Waals surface area (Å²) >= 11 is 0. The van der Waals surface area contributed by atoms with Gasteiger partial charge in [-0.05, 0) is 12.0 Å². The Morgan fingerprint density at radius 3 is 2.61 bits per heavy atom. The highest BCUT2D eigenvalue weighted by molar-refractivity contribution is 5.77. The van der Waals surface area contributed by atoms with Crippen molar-refractivity contribution >= 4 is 12.2 Å². The van der Waals surface area contributed by atoms with Gasteiger partial charge in [-0.2, -0.15) is 5.10 Å². The summed E-state index contributed by atoms with van der Waals surface area (Å²) in [5.74, 6) is -0.171. The second-order valence-corrected chi connectivity index (χ2v) is 4.30. The minimum Gasteiger partial charge on any atom is -0.390 e. The van der Waals surface area contributed by atoms with E-state index in [0.717, 1.165) is 26.2 Å². The van der Waals surface area contributed by atoms with E-state index in [0.29, 0.717) is 5.69 Å². The quantitative estimate of drug-likeness (QED) is 0.426. The second-order valence-electron chi connectivity index (χ2n) is 4.30. The average Bonchev–Trinajstić information content (AvgIpc) is 2.70. The Balaban J connectivity index is 2.03. The van der Waals surface area contributed by atoms with Crippen LogP contribution in [0.4, 0.5) is 5.95 Å². The first-order valence-corrected chi connectivity index (χ1v) is 5.71. The highest BCUT2D eigenvalue weighted by atomic mass is 16.6. The molecule has 98 valence electrons. The lowest BCUT2D eigenvalue weighted by atomic mass is 10.4. The maximum atomic E-state index is 10.6. The zero-order chi connectivity index (χ0) is 13.1.